The molecule has 1 saturated heterocycles. The topological polar surface area (TPSA) is 70.7 Å². The molecule has 6 heteroatoms. The average molecular weight is 486 g/mol. The fourth-order valence-electron chi connectivity index (χ4n) is 4.64. The molecule has 2 amide bonds. The Morgan fingerprint density at radius 3 is 2.19 bits per heavy atom. The van der Waals surface area contributed by atoms with Crippen LogP contribution < -0.4 is 10.6 Å². The monoisotopic (exact) mass is 485 g/mol. The maximum Gasteiger partial charge on any atom is 0.407 e. The lowest BCUT2D eigenvalue weighted by Gasteiger charge is -2.29. The lowest BCUT2D eigenvalue weighted by molar-refractivity contribution is -0.133. The van der Waals surface area contributed by atoms with E-state index in [9.17, 15) is 9.59 Å². The summed E-state index contributed by atoms with van der Waals surface area (Å²) in [7, 11) is 0. The van der Waals surface area contributed by atoms with Gasteiger partial charge in [0, 0.05) is 25.6 Å². The molecule has 0 bridgehead atoms. The van der Waals surface area contributed by atoms with Crippen molar-refractivity contribution in [2.24, 2.45) is 0 Å². The number of carbonyl (C=O) groups is 2. The Morgan fingerprint density at radius 2 is 1.56 bits per heavy atom. The van der Waals surface area contributed by atoms with Crippen LogP contribution in [0.1, 0.15) is 41.9 Å². The van der Waals surface area contributed by atoms with Gasteiger partial charge in [-0.15, -0.1) is 0 Å². The highest BCUT2D eigenvalue weighted by Gasteiger charge is 2.29. The first kappa shape index (κ1) is 25.5. The normalized spacial score (nSPS) is 16.0. The smallest absolute Gasteiger partial charge is 0.407 e. The molecule has 1 fully saturated rings. The molecule has 3 aromatic carbocycles. The number of ether oxygens (including phenoxy) is 1. The highest BCUT2D eigenvalue weighted by atomic mass is 16.5. The molecule has 1 atom stereocenters. The Labute approximate surface area is 213 Å². The molecule has 3 aromatic rings. The van der Waals surface area contributed by atoms with Crippen LogP contribution in [0.2, 0.25) is 0 Å². The van der Waals surface area contributed by atoms with Gasteiger partial charge in [-0.1, -0.05) is 91.0 Å². The SMILES string of the molecule is O=C(NCCC[C@H]1NCCCN(CC(c2ccccc2)c2ccccc2)C1=O)OCc1ccccc1. The summed E-state index contributed by atoms with van der Waals surface area (Å²) in [6.45, 7) is 2.91. The number of nitrogens with zero attached hydrogens (tertiary/aromatic N) is 1. The predicted molar refractivity (Wildman–Crippen MR) is 142 cm³/mol. The van der Waals surface area contributed by atoms with Crippen LogP contribution in [0.25, 0.3) is 0 Å². The number of hydrogen-bond acceptors (Lipinski definition) is 4. The largest absolute Gasteiger partial charge is 0.445 e. The second-order valence-corrected chi connectivity index (χ2v) is 9.15. The van der Waals surface area contributed by atoms with E-state index in [4.69, 9.17) is 4.74 Å². The molecular weight excluding hydrogens is 450 g/mol. The standard InChI is InChI=1S/C30H35N3O3/c34-29-28(18-10-19-32-30(35)36-23-24-12-4-1-5-13-24)31-20-11-21-33(29)22-27(25-14-6-2-7-15-25)26-16-8-3-9-17-26/h1-9,12-17,27-28,31H,10-11,18-23H2,(H,32,35)/t28-/m1/s1. The fraction of sp³-hybridized carbons (Fsp3) is 0.333. The van der Waals surface area contributed by atoms with Gasteiger partial charge in [0.05, 0.1) is 6.04 Å². The van der Waals surface area contributed by atoms with Crippen molar-refractivity contribution >= 4 is 12.0 Å². The fourth-order valence-corrected chi connectivity index (χ4v) is 4.64. The van der Waals surface area contributed by atoms with Gasteiger partial charge in [-0.3, -0.25) is 4.79 Å². The Morgan fingerprint density at radius 1 is 0.944 bits per heavy atom. The van der Waals surface area contributed by atoms with E-state index in [1.807, 2.05) is 47.4 Å². The van der Waals surface area contributed by atoms with Crippen molar-refractivity contribution in [3.05, 3.63) is 108 Å². The molecule has 0 spiro atoms. The highest BCUT2D eigenvalue weighted by molar-refractivity contribution is 5.82. The molecule has 2 N–H and O–H groups in total. The lowest BCUT2D eigenvalue weighted by atomic mass is 9.90. The molecule has 6 nitrogen and oxygen atoms in total. The van der Waals surface area contributed by atoms with Crippen molar-refractivity contribution in [3.63, 3.8) is 0 Å². The van der Waals surface area contributed by atoms with Crippen LogP contribution in [-0.2, 0) is 16.1 Å². The summed E-state index contributed by atoms with van der Waals surface area (Å²) in [5.41, 5.74) is 3.37. The van der Waals surface area contributed by atoms with Crippen LogP contribution in [0.3, 0.4) is 0 Å². The van der Waals surface area contributed by atoms with Gasteiger partial charge < -0.3 is 20.3 Å². The second-order valence-electron chi connectivity index (χ2n) is 9.15. The van der Waals surface area contributed by atoms with Crippen molar-refractivity contribution in [2.45, 2.75) is 37.8 Å². The van der Waals surface area contributed by atoms with Crippen molar-refractivity contribution < 1.29 is 14.3 Å². The molecule has 0 unspecified atom stereocenters. The molecule has 36 heavy (non-hydrogen) atoms. The van der Waals surface area contributed by atoms with Gasteiger partial charge in [0.1, 0.15) is 6.61 Å². The number of carbonyl (C=O) groups excluding carboxylic acids is 2. The van der Waals surface area contributed by atoms with Gasteiger partial charge in [0.25, 0.3) is 0 Å². The quantitative estimate of drug-likeness (QED) is 0.408. The van der Waals surface area contributed by atoms with Crippen LogP contribution in [-0.4, -0.2) is 49.1 Å². The Kier molecular flexibility index (Phi) is 9.51. The van der Waals surface area contributed by atoms with E-state index < -0.39 is 6.09 Å². The molecule has 1 aliphatic heterocycles. The zero-order valence-electron chi connectivity index (χ0n) is 20.6. The third kappa shape index (κ3) is 7.43. The summed E-state index contributed by atoms with van der Waals surface area (Å²) in [6, 6.07) is 30.2. The molecule has 0 aromatic heterocycles. The summed E-state index contributed by atoms with van der Waals surface area (Å²) in [6.07, 6.45) is 1.84. The van der Waals surface area contributed by atoms with E-state index in [2.05, 4.69) is 59.2 Å². The first-order valence-corrected chi connectivity index (χ1v) is 12.8. The molecule has 1 heterocycles. The van der Waals surface area contributed by atoms with Gasteiger partial charge in [0.15, 0.2) is 0 Å². The number of alkyl carbamates (subject to hydrolysis) is 1. The number of amides is 2. The second kappa shape index (κ2) is 13.4. The van der Waals surface area contributed by atoms with Gasteiger partial charge in [-0.2, -0.15) is 0 Å². The highest BCUT2D eigenvalue weighted by Crippen LogP contribution is 2.26. The Balaban J connectivity index is 1.29. The van der Waals surface area contributed by atoms with Crippen LogP contribution in [0.15, 0.2) is 91.0 Å². The minimum Gasteiger partial charge on any atom is -0.445 e. The van der Waals surface area contributed by atoms with Crippen molar-refractivity contribution in [2.75, 3.05) is 26.2 Å². The van der Waals surface area contributed by atoms with Crippen LogP contribution >= 0.6 is 0 Å². The Bertz CT molecular complexity index is 1040. The number of benzene rings is 3. The van der Waals surface area contributed by atoms with Crippen molar-refractivity contribution in [1.82, 2.24) is 15.5 Å². The summed E-state index contributed by atoms with van der Waals surface area (Å²) in [4.78, 5) is 27.5. The summed E-state index contributed by atoms with van der Waals surface area (Å²) in [5, 5.41) is 6.21. The van der Waals surface area contributed by atoms with E-state index in [1.54, 1.807) is 0 Å². The molecule has 0 saturated carbocycles. The maximum atomic E-state index is 13.5. The van der Waals surface area contributed by atoms with Gasteiger partial charge in [0.2, 0.25) is 5.91 Å². The zero-order valence-corrected chi connectivity index (χ0v) is 20.6. The van der Waals surface area contributed by atoms with Gasteiger partial charge >= 0.3 is 6.09 Å². The van der Waals surface area contributed by atoms with Crippen molar-refractivity contribution in [3.8, 4) is 0 Å². The molecule has 1 aliphatic rings. The first-order valence-electron chi connectivity index (χ1n) is 12.8. The van der Waals surface area contributed by atoms with Crippen LogP contribution in [0.5, 0.6) is 0 Å². The summed E-state index contributed by atoms with van der Waals surface area (Å²) >= 11 is 0. The molecule has 4 rings (SSSR count). The third-order valence-electron chi connectivity index (χ3n) is 6.56. The van der Waals surface area contributed by atoms with Gasteiger partial charge in [-0.05, 0) is 42.5 Å². The minimum atomic E-state index is -0.436. The molecule has 0 radical (unpaired) electrons. The maximum absolute atomic E-state index is 13.5. The summed E-state index contributed by atoms with van der Waals surface area (Å²) in [5.74, 6) is 0.257. The summed E-state index contributed by atoms with van der Waals surface area (Å²) < 4.78 is 5.27. The lowest BCUT2D eigenvalue weighted by Crippen LogP contribution is -2.45. The van der Waals surface area contributed by atoms with Crippen LogP contribution in [0.4, 0.5) is 4.79 Å². The first-order chi connectivity index (χ1) is 17.7. The molecular formula is C30H35N3O3. The average Bonchev–Trinajstić information content (AvgIpc) is 3.10. The van der Waals surface area contributed by atoms with Gasteiger partial charge in [-0.25, -0.2) is 4.79 Å². The molecule has 188 valence electrons. The van der Waals surface area contributed by atoms with E-state index >= 15 is 0 Å². The molecule has 0 aliphatic carbocycles. The van der Waals surface area contributed by atoms with E-state index in [1.165, 1.54) is 11.1 Å². The van der Waals surface area contributed by atoms with E-state index in [0.29, 0.717) is 25.9 Å². The number of rotatable bonds is 10. The third-order valence-corrected chi connectivity index (χ3v) is 6.56. The predicted octanol–water partition coefficient (Wildman–Crippen LogP) is 4.72. The van der Waals surface area contributed by atoms with Crippen molar-refractivity contribution in [1.29, 1.82) is 0 Å². The zero-order chi connectivity index (χ0) is 25.0. The minimum absolute atomic E-state index is 0.121. The Hall–Kier alpha value is -3.64. The van der Waals surface area contributed by atoms with E-state index in [0.717, 1.165) is 25.1 Å². The number of nitrogens with one attached hydrogen (secondary N) is 2. The van der Waals surface area contributed by atoms with Crippen LogP contribution in [0, 0.1) is 0 Å². The van der Waals surface area contributed by atoms with E-state index in [-0.39, 0.29) is 24.5 Å². The number of hydrogen-bond donors (Lipinski definition) is 2.